The topological polar surface area (TPSA) is 37.3 Å². The highest BCUT2D eigenvalue weighted by atomic mass is 29.1. The van der Waals surface area contributed by atoms with Crippen LogP contribution in [-0.2, 0) is 4.46 Å². The van der Waals surface area contributed by atoms with E-state index in [1.807, 2.05) is 0 Å². The van der Waals surface area contributed by atoms with Crippen LogP contribution in [0.2, 0.25) is 0 Å². The summed E-state index contributed by atoms with van der Waals surface area (Å²) in [6.45, 7) is 0. The highest BCUT2D eigenvalue weighted by Crippen LogP contribution is 1.25. The van der Waals surface area contributed by atoms with Crippen molar-refractivity contribution in [3.8, 4) is 0 Å². The standard InChI is InChI=1S/H4O2Si2/c1-4(2)3/h1H,3H3. The van der Waals surface area contributed by atoms with Crippen molar-refractivity contribution in [2.75, 3.05) is 0 Å². The van der Waals surface area contributed by atoms with Crippen LogP contribution in [0.25, 0.3) is 0 Å². The molecule has 0 rings (SSSR count). The van der Waals surface area contributed by atoms with Crippen LogP contribution in [0.15, 0.2) is 0 Å². The van der Waals surface area contributed by atoms with Crippen molar-refractivity contribution in [3.05, 3.63) is 0 Å². The van der Waals surface area contributed by atoms with E-state index in [0.29, 0.717) is 9.76 Å². The molecule has 0 radical (unpaired) electrons. The summed E-state index contributed by atoms with van der Waals surface area (Å²) in [5, 5.41) is 0. The first-order valence-electron chi connectivity index (χ1n) is 0.928. The first kappa shape index (κ1) is 4.03. The molecule has 4 heavy (non-hydrogen) atoms. The van der Waals surface area contributed by atoms with Crippen LogP contribution < -0.4 is 0 Å². The Morgan fingerprint density at radius 1 is 2.00 bits per heavy atom. The lowest BCUT2D eigenvalue weighted by molar-refractivity contribution is 0.469. The minimum absolute atomic E-state index is 0.451. The van der Waals surface area contributed by atoms with Crippen LogP contribution in [-0.4, -0.2) is 23.0 Å². The molecule has 0 saturated heterocycles. The van der Waals surface area contributed by atoms with Gasteiger partial charge in [-0.25, -0.2) is 0 Å². The maximum atomic E-state index is 9.25. The van der Waals surface area contributed by atoms with Crippen LogP contribution >= 0.6 is 0 Å². The van der Waals surface area contributed by atoms with E-state index >= 15 is 0 Å². The highest BCUT2D eigenvalue weighted by molar-refractivity contribution is 6.88. The quantitative estimate of drug-likeness (QED) is 0.343. The number of hydrogen-bond donors (Lipinski definition) is 1. The van der Waals surface area contributed by atoms with Gasteiger partial charge in [-0.3, -0.25) is 0 Å². The third-order valence-corrected chi connectivity index (χ3v) is 0. The van der Waals surface area contributed by atoms with Crippen molar-refractivity contribution in [3.63, 3.8) is 0 Å². The predicted molar refractivity (Wildman–Crippen MR) is 18.6 cm³/mol. The Morgan fingerprint density at radius 3 is 2.00 bits per heavy atom. The number of rotatable bonds is 0. The van der Waals surface area contributed by atoms with Crippen LogP contribution in [0.3, 0.4) is 0 Å². The maximum Gasteiger partial charge on any atom is 0.454 e. The molecule has 2 nitrogen and oxygen atoms in total. The summed E-state index contributed by atoms with van der Waals surface area (Å²) in [5.41, 5.74) is 0. The molecule has 0 saturated carbocycles. The zero-order valence-electron chi connectivity index (χ0n) is 2.36. The van der Waals surface area contributed by atoms with Crippen molar-refractivity contribution in [1.29, 1.82) is 0 Å². The molecule has 0 amide bonds. The van der Waals surface area contributed by atoms with Gasteiger partial charge in [0.05, 0.1) is 0 Å². The smallest absolute Gasteiger partial charge is 0.454 e. The molecule has 24 valence electrons. The van der Waals surface area contributed by atoms with Crippen molar-refractivity contribution >= 4 is 18.2 Å². The number of hydrogen-bond acceptors (Lipinski definition) is 1. The molecule has 0 aromatic rings. The Morgan fingerprint density at radius 2 is 2.00 bits per heavy atom. The van der Waals surface area contributed by atoms with Gasteiger partial charge >= 0.3 is 8.44 Å². The van der Waals surface area contributed by atoms with E-state index in [4.69, 9.17) is 4.80 Å². The molecular weight excluding hydrogens is 88.2 g/mol. The van der Waals surface area contributed by atoms with E-state index < -0.39 is 8.44 Å². The lowest BCUT2D eigenvalue weighted by Gasteiger charge is -1.55. The highest BCUT2D eigenvalue weighted by Gasteiger charge is 1.75. The van der Waals surface area contributed by atoms with E-state index in [-0.39, 0.29) is 0 Å². The molecule has 0 spiro atoms. The lowest BCUT2D eigenvalue weighted by Crippen LogP contribution is -1.92. The van der Waals surface area contributed by atoms with Crippen LogP contribution in [0.5, 0.6) is 0 Å². The van der Waals surface area contributed by atoms with Gasteiger partial charge in [0.25, 0.3) is 0 Å². The van der Waals surface area contributed by atoms with Gasteiger partial charge in [0.2, 0.25) is 0 Å². The normalized spacial score (nSPS) is 7.00. The monoisotopic (exact) mass is 92.0 g/mol. The molecule has 0 atom stereocenters. The van der Waals surface area contributed by atoms with E-state index in [0.717, 1.165) is 0 Å². The maximum absolute atomic E-state index is 9.25. The Balaban J connectivity index is 2.80. The molecule has 0 heterocycles. The summed E-state index contributed by atoms with van der Waals surface area (Å²) in [4.78, 5) is 7.66. The fourth-order valence-corrected chi connectivity index (χ4v) is 0. The van der Waals surface area contributed by atoms with E-state index in [9.17, 15) is 4.46 Å². The molecule has 0 aromatic heterocycles. The summed E-state index contributed by atoms with van der Waals surface area (Å²) < 4.78 is 9.25. The fourth-order valence-electron chi connectivity index (χ4n) is 0. The van der Waals surface area contributed by atoms with Crippen molar-refractivity contribution in [1.82, 2.24) is 0 Å². The average molecular weight is 92.2 g/mol. The second kappa shape index (κ2) is 1.36. The molecule has 0 aliphatic rings. The molecule has 0 bridgehead atoms. The van der Waals surface area contributed by atoms with Crippen LogP contribution in [0.4, 0.5) is 0 Å². The Bertz CT molecular complexity index is 27.0. The minimum Gasteiger partial charge on any atom is -0.543 e. The van der Waals surface area contributed by atoms with Gasteiger partial charge in [-0.15, -0.1) is 0 Å². The third kappa shape index (κ3) is 1910. The average Bonchev–Trinajstić information content (AvgIpc) is 0.811. The SMILES string of the molecule is O=[Si](O)[SiH3]. The zero-order valence-corrected chi connectivity index (χ0v) is 5.36. The molecule has 0 aliphatic heterocycles. The largest absolute Gasteiger partial charge is 0.543 e. The van der Waals surface area contributed by atoms with Gasteiger partial charge in [-0.1, -0.05) is 0 Å². The minimum atomic E-state index is -1.99. The van der Waals surface area contributed by atoms with E-state index in [1.165, 1.54) is 0 Å². The van der Waals surface area contributed by atoms with E-state index in [1.54, 1.807) is 0 Å². The molecular formula is H4O2Si2. The Hall–Kier alpha value is 0.0338. The van der Waals surface area contributed by atoms with E-state index in [2.05, 4.69) is 0 Å². The summed E-state index contributed by atoms with van der Waals surface area (Å²) in [6, 6.07) is 0. The molecule has 0 unspecified atom stereocenters. The Labute approximate surface area is 28.5 Å². The summed E-state index contributed by atoms with van der Waals surface area (Å²) in [5.74, 6) is 0. The zero-order chi connectivity index (χ0) is 3.58. The first-order valence-corrected chi connectivity index (χ1v) is 5.78. The summed E-state index contributed by atoms with van der Waals surface area (Å²) in [6.07, 6.45) is 0. The third-order valence-electron chi connectivity index (χ3n) is 0. The lowest BCUT2D eigenvalue weighted by atomic mass is 15.9. The second-order valence-electron chi connectivity index (χ2n) is 0.519. The van der Waals surface area contributed by atoms with Crippen LogP contribution in [0.1, 0.15) is 0 Å². The molecule has 0 fully saturated rings. The Kier molecular flexibility index (Phi) is 1.37. The molecule has 4 heteroatoms. The van der Waals surface area contributed by atoms with Gasteiger partial charge < -0.3 is 9.26 Å². The van der Waals surface area contributed by atoms with Gasteiger partial charge in [0.15, 0.2) is 0 Å². The summed E-state index contributed by atoms with van der Waals surface area (Å²) in [7, 11) is -1.54. The summed E-state index contributed by atoms with van der Waals surface area (Å²) >= 11 is 0. The molecule has 0 aliphatic carbocycles. The predicted octanol–water partition coefficient (Wildman–Crippen LogP) is -2.24. The van der Waals surface area contributed by atoms with Gasteiger partial charge in [0, 0.05) is 0 Å². The first-order chi connectivity index (χ1) is 1.73. The molecule has 1 N–H and O–H groups in total. The molecule has 0 aromatic carbocycles. The second-order valence-corrected chi connectivity index (χ2v) is 4.12. The van der Waals surface area contributed by atoms with Crippen molar-refractivity contribution in [2.45, 2.75) is 0 Å². The van der Waals surface area contributed by atoms with Crippen molar-refractivity contribution in [2.24, 2.45) is 0 Å². The van der Waals surface area contributed by atoms with Crippen molar-refractivity contribution < 1.29 is 9.26 Å². The van der Waals surface area contributed by atoms with Gasteiger partial charge in [-0.05, 0) is 0 Å². The van der Waals surface area contributed by atoms with Crippen LogP contribution in [0, 0.1) is 0 Å². The van der Waals surface area contributed by atoms with Gasteiger partial charge in [-0.2, -0.15) is 0 Å². The van der Waals surface area contributed by atoms with Gasteiger partial charge in [0.1, 0.15) is 9.76 Å². The fraction of sp³-hybridized carbons (Fsp3) is 0.